The number of benzene rings is 1. The zero-order chi connectivity index (χ0) is 27.6. The molecule has 2 N–H and O–H groups in total. The van der Waals surface area contributed by atoms with Gasteiger partial charge >= 0.3 is 0 Å². The van der Waals surface area contributed by atoms with Gasteiger partial charge in [0.05, 0.1) is 23.5 Å². The SMILES string of the molecule is Cc1nocc1C(=O)NC(c1nc2c(F)c(CC3CCN(S(C)(=O)=O)CC3)ccc2[nH]1)C1CCCCCCC1. The fourth-order valence-corrected chi connectivity index (χ4v) is 7.00. The number of amides is 1. The van der Waals surface area contributed by atoms with Gasteiger partial charge in [0.1, 0.15) is 23.2 Å². The molecular formula is C28H38FN5O4S. The Bertz CT molecular complexity index is 1400. The third kappa shape index (κ3) is 6.35. The molecule has 3 heterocycles. The van der Waals surface area contributed by atoms with Crippen LogP contribution in [0.5, 0.6) is 0 Å². The molecule has 2 aromatic heterocycles. The summed E-state index contributed by atoms with van der Waals surface area (Å²) in [7, 11) is -3.20. The molecular weight excluding hydrogens is 521 g/mol. The summed E-state index contributed by atoms with van der Waals surface area (Å²) in [5, 5.41) is 7.00. The maximum absolute atomic E-state index is 15.8. The predicted molar refractivity (Wildman–Crippen MR) is 146 cm³/mol. The van der Waals surface area contributed by atoms with E-state index in [-0.39, 0.29) is 35.1 Å². The number of fused-ring (bicyclic) bond motifs is 1. The number of aromatic nitrogens is 3. The number of aryl methyl sites for hydroxylation is 1. The van der Waals surface area contributed by atoms with E-state index in [9.17, 15) is 13.2 Å². The number of aromatic amines is 1. The molecule has 39 heavy (non-hydrogen) atoms. The van der Waals surface area contributed by atoms with Crippen LogP contribution in [0.4, 0.5) is 4.39 Å². The van der Waals surface area contributed by atoms with Gasteiger partial charge in [0.2, 0.25) is 10.0 Å². The summed E-state index contributed by atoms with van der Waals surface area (Å²) in [4.78, 5) is 21.2. The summed E-state index contributed by atoms with van der Waals surface area (Å²) in [6.45, 7) is 2.66. The molecule has 2 aliphatic rings. The Balaban J connectivity index is 1.39. The molecule has 2 fully saturated rings. The first kappa shape index (κ1) is 27.8. The third-order valence-electron chi connectivity index (χ3n) is 8.44. The lowest BCUT2D eigenvalue weighted by atomic mass is 9.85. The largest absolute Gasteiger partial charge is 0.364 e. The van der Waals surface area contributed by atoms with Gasteiger partial charge in [0, 0.05) is 13.1 Å². The lowest BCUT2D eigenvalue weighted by molar-refractivity contribution is 0.0911. The highest BCUT2D eigenvalue weighted by Gasteiger charge is 2.31. The Kier molecular flexibility index (Phi) is 8.37. The van der Waals surface area contributed by atoms with E-state index in [1.165, 1.54) is 36.1 Å². The molecule has 3 aromatic rings. The second-order valence-corrected chi connectivity index (χ2v) is 13.2. The van der Waals surface area contributed by atoms with Crippen molar-refractivity contribution in [3.05, 3.63) is 46.9 Å². The molecule has 1 saturated heterocycles. The lowest BCUT2D eigenvalue weighted by Crippen LogP contribution is -2.38. The van der Waals surface area contributed by atoms with Crippen LogP contribution < -0.4 is 5.32 Å². The smallest absolute Gasteiger partial charge is 0.257 e. The summed E-state index contributed by atoms with van der Waals surface area (Å²) in [5.74, 6) is 0.330. The van der Waals surface area contributed by atoms with E-state index in [0.717, 1.165) is 25.7 Å². The number of nitrogens with one attached hydrogen (secondary N) is 2. The topological polar surface area (TPSA) is 121 Å². The number of imidazole rings is 1. The second-order valence-electron chi connectivity index (χ2n) is 11.2. The summed E-state index contributed by atoms with van der Waals surface area (Å²) < 4.78 is 45.9. The minimum atomic E-state index is -3.20. The van der Waals surface area contributed by atoms with Gasteiger partial charge in [-0.15, -0.1) is 0 Å². The number of carbonyl (C=O) groups is 1. The minimum Gasteiger partial charge on any atom is -0.364 e. The molecule has 1 aliphatic carbocycles. The number of halogens is 1. The van der Waals surface area contributed by atoms with Crippen molar-refractivity contribution in [2.24, 2.45) is 11.8 Å². The number of hydrogen-bond donors (Lipinski definition) is 2. The normalized spacial score (nSPS) is 19.6. The van der Waals surface area contributed by atoms with Gasteiger partial charge in [-0.25, -0.2) is 22.1 Å². The number of nitrogens with zero attached hydrogens (tertiary/aromatic N) is 3. The molecule has 0 radical (unpaired) electrons. The number of carbonyl (C=O) groups excluding carboxylic acids is 1. The third-order valence-corrected chi connectivity index (χ3v) is 9.74. The van der Waals surface area contributed by atoms with Crippen molar-refractivity contribution in [1.29, 1.82) is 0 Å². The standard InChI is InChI=1S/C28H38FN5O4S/c1-18-22(17-38-33-18)28(35)32-25(20-8-6-4-3-5-7-9-20)27-30-23-11-10-21(24(29)26(23)31-27)16-19-12-14-34(15-13-19)39(2,36)37/h10-11,17,19-20,25H,3-9,12-16H2,1-2H3,(H,30,31)(H,32,35). The average Bonchev–Trinajstić information content (AvgIpc) is 3.51. The molecule has 1 amide bonds. The molecule has 5 rings (SSSR count). The monoisotopic (exact) mass is 559 g/mol. The van der Waals surface area contributed by atoms with Crippen LogP contribution in [0.25, 0.3) is 11.0 Å². The Morgan fingerprint density at radius 2 is 1.85 bits per heavy atom. The molecule has 0 bridgehead atoms. The molecule has 9 nitrogen and oxygen atoms in total. The zero-order valence-corrected chi connectivity index (χ0v) is 23.5. The molecule has 1 unspecified atom stereocenters. The van der Waals surface area contributed by atoms with E-state index in [1.54, 1.807) is 13.0 Å². The average molecular weight is 560 g/mol. The van der Waals surface area contributed by atoms with Crippen molar-refractivity contribution in [1.82, 2.24) is 24.7 Å². The van der Waals surface area contributed by atoms with Gasteiger partial charge in [0.15, 0.2) is 5.82 Å². The highest BCUT2D eigenvalue weighted by atomic mass is 32.2. The Morgan fingerprint density at radius 3 is 2.49 bits per heavy atom. The summed E-state index contributed by atoms with van der Waals surface area (Å²) >= 11 is 0. The molecule has 11 heteroatoms. The van der Waals surface area contributed by atoms with E-state index in [4.69, 9.17) is 9.51 Å². The van der Waals surface area contributed by atoms with Gasteiger partial charge in [0.25, 0.3) is 5.91 Å². The van der Waals surface area contributed by atoms with Crippen LogP contribution in [0.1, 0.15) is 91.3 Å². The second kappa shape index (κ2) is 11.8. The van der Waals surface area contributed by atoms with E-state index >= 15 is 4.39 Å². The number of hydrogen-bond acceptors (Lipinski definition) is 6. The lowest BCUT2D eigenvalue weighted by Gasteiger charge is -2.30. The number of piperidine rings is 1. The molecule has 212 valence electrons. The highest BCUT2D eigenvalue weighted by molar-refractivity contribution is 7.88. The van der Waals surface area contributed by atoms with Crippen LogP contribution in [0.2, 0.25) is 0 Å². The van der Waals surface area contributed by atoms with Gasteiger partial charge in [-0.05, 0) is 62.5 Å². The molecule has 1 atom stereocenters. The van der Waals surface area contributed by atoms with Gasteiger partial charge in [-0.3, -0.25) is 4.79 Å². The van der Waals surface area contributed by atoms with Crippen molar-refractivity contribution in [2.75, 3.05) is 19.3 Å². The minimum absolute atomic E-state index is 0.178. The molecule has 1 saturated carbocycles. The first-order chi connectivity index (χ1) is 18.7. The van der Waals surface area contributed by atoms with Crippen LogP contribution in [0.15, 0.2) is 22.9 Å². The summed E-state index contributed by atoms with van der Waals surface area (Å²) in [6, 6.07) is 3.27. The number of H-pyrrole nitrogens is 1. The fraction of sp³-hybridized carbons (Fsp3) is 0.607. The number of sulfonamides is 1. The van der Waals surface area contributed by atoms with Crippen LogP contribution >= 0.6 is 0 Å². The maximum atomic E-state index is 15.8. The van der Waals surface area contributed by atoms with Gasteiger partial charge < -0.3 is 14.8 Å². The van der Waals surface area contributed by atoms with Crippen LogP contribution in [-0.2, 0) is 16.4 Å². The van der Waals surface area contributed by atoms with Crippen molar-refractivity contribution in [3.63, 3.8) is 0 Å². The van der Waals surface area contributed by atoms with E-state index in [1.807, 2.05) is 6.07 Å². The van der Waals surface area contributed by atoms with E-state index in [0.29, 0.717) is 60.5 Å². The molecule has 0 spiro atoms. The Hall–Kier alpha value is -2.79. The molecule has 1 aliphatic heterocycles. The first-order valence-corrected chi connectivity index (χ1v) is 15.9. The van der Waals surface area contributed by atoms with Crippen LogP contribution in [-0.4, -0.2) is 53.1 Å². The van der Waals surface area contributed by atoms with Crippen LogP contribution in [0.3, 0.4) is 0 Å². The summed E-state index contributed by atoms with van der Waals surface area (Å²) in [6.07, 6.45) is 12.2. The summed E-state index contributed by atoms with van der Waals surface area (Å²) in [5.41, 5.74) is 2.38. The molecule has 1 aromatic carbocycles. The fourth-order valence-electron chi connectivity index (χ4n) is 6.12. The Morgan fingerprint density at radius 1 is 1.15 bits per heavy atom. The highest BCUT2D eigenvalue weighted by Crippen LogP contribution is 2.34. The van der Waals surface area contributed by atoms with Crippen molar-refractivity contribution < 1.29 is 22.1 Å². The van der Waals surface area contributed by atoms with Crippen molar-refractivity contribution in [3.8, 4) is 0 Å². The zero-order valence-electron chi connectivity index (χ0n) is 22.7. The van der Waals surface area contributed by atoms with Crippen molar-refractivity contribution in [2.45, 2.75) is 77.2 Å². The van der Waals surface area contributed by atoms with Crippen molar-refractivity contribution >= 4 is 27.0 Å². The predicted octanol–water partition coefficient (Wildman–Crippen LogP) is 5.04. The first-order valence-electron chi connectivity index (χ1n) is 14.0. The van der Waals surface area contributed by atoms with E-state index < -0.39 is 10.0 Å². The number of rotatable bonds is 7. The van der Waals surface area contributed by atoms with E-state index in [2.05, 4.69) is 15.5 Å². The maximum Gasteiger partial charge on any atom is 0.257 e. The van der Waals surface area contributed by atoms with Gasteiger partial charge in [-0.2, -0.15) is 0 Å². The van der Waals surface area contributed by atoms with Crippen LogP contribution in [0, 0.1) is 24.6 Å². The quantitative estimate of drug-likeness (QED) is 0.418. The van der Waals surface area contributed by atoms with Gasteiger partial charge in [-0.1, -0.05) is 43.3 Å². The Labute approximate surface area is 229 Å².